The minimum atomic E-state index is -0.0914. The maximum absolute atomic E-state index is 12.7. The summed E-state index contributed by atoms with van der Waals surface area (Å²) in [6, 6.07) is 2.05. The van der Waals surface area contributed by atoms with E-state index in [0.717, 1.165) is 31.6 Å². The Morgan fingerprint density at radius 1 is 1.23 bits per heavy atom. The lowest BCUT2D eigenvalue weighted by Crippen LogP contribution is -2.45. The molecule has 3 rings (SSSR count). The number of rotatable bonds is 4. The zero-order valence-corrected chi connectivity index (χ0v) is 16.0. The summed E-state index contributed by atoms with van der Waals surface area (Å²) in [4.78, 5) is 31.1. The minimum Gasteiger partial charge on any atom is -0.378 e. The van der Waals surface area contributed by atoms with Gasteiger partial charge in [0.05, 0.1) is 13.2 Å². The largest absolute Gasteiger partial charge is 0.378 e. The van der Waals surface area contributed by atoms with E-state index >= 15 is 0 Å². The van der Waals surface area contributed by atoms with Crippen molar-refractivity contribution in [2.75, 3.05) is 53.5 Å². The molecule has 0 saturated carbocycles. The van der Waals surface area contributed by atoms with E-state index in [1.807, 2.05) is 18.9 Å². The van der Waals surface area contributed by atoms with Gasteiger partial charge in [0.15, 0.2) is 5.69 Å². The molecule has 8 heteroatoms. The van der Waals surface area contributed by atoms with Crippen molar-refractivity contribution < 1.29 is 14.3 Å². The van der Waals surface area contributed by atoms with Gasteiger partial charge in [0.25, 0.3) is 5.91 Å². The molecule has 0 atom stereocenters. The fourth-order valence-corrected chi connectivity index (χ4v) is 3.53. The van der Waals surface area contributed by atoms with Gasteiger partial charge in [-0.05, 0) is 46.0 Å². The first kappa shape index (κ1) is 18.8. The SMILES string of the molecule is Cc1cc(C(=O)N2CCOCC2)nn1CC(=O)N(C)C1CCN(C)CC1. The number of likely N-dealkylation sites (N-methyl/N-ethyl adjacent to an activating group) is 1. The third-order valence-electron chi connectivity index (χ3n) is 5.41. The average Bonchev–Trinajstić information content (AvgIpc) is 3.02. The lowest BCUT2D eigenvalue weighted by atomic mass is 10.0. The van der Waals surface area contributed by atoms with Crippen molar-refractivity contribution >= 4 is 11.8 Å². The standard InChI is InChI=1S/C18H29N5O3/c1-14-12-16(18(25)22-8-10-26-11-9-22)19-23(14)13-17(24)21(3)15-4-6-20(2)7-5-15/h12,15H,4-11,13H2,1-3H3. The van der Waals surface area contributed by atoms with Crippen LogP contribution in [0.15, 0.2) is 6.07 Å². The average molecular weight is 363 g/mol. The highest BCUT2D eigenvalue weighted by Crippen LogP contribution is 2.15. The number of morpholine rings is 1. The Bertz CT molecular complexity index is 645. The molecule has 144 valence electrons. The van der Waals surface area contributed by atoms with E-state index in [-0.39, 0.29) is 24.4 Å². The molecule has 26 heavy (non-hydrogen) atoms. The summed E-state index contributed by atoms with van der Waals surface area (Å²) >= 11 is 0. The summed E-state index contributed by atoms with van der Waals surface area (Å²) in [7, 11) is 3.98. The summed E-state index contributed by atoms with van der Waals surface area (Å²) in [5.74, 6) is -0.0533. The Kier molecular flexibility index (Phi) is 5.93. The number of nitrogens with zero attached hydrogens (tertiary/aromatic N) is 5. The lowest BCUT2D eigenvalue weighted by molar-refractivity contribution is -0.133. The van der Waals surface area contributed by atoms with Gasteiger partial charge >= 0.3 is 0 Å². The molecule has 3 heterocycles. The number of aromatic nitrogens is 2. The summed E-state index contributed by atoms with van der Waals surface area (Å²) < 4.78 is 6.93. The lowest BCUT2D eigenvalue weighted by Gasteiger charge is -2.35. The van der Waals surface area contributed by atoms with Crippen LogP contribution in [-0.4, -0.2) is 95.8 Å². The molecule has 0 aliphatic carbocycles. The van der Waals surface area contributed by atoms with Crippen LogP contribution in [-0.2, 0) is 16.1 Å². The molecule has 0 bridgehead atoms. The van der Waals surface area contributed by atoms with Crippen LogP contribution >= 0.6 is 0 Å². The monoisotopic (exact) mass is 363 g/mol. The first-order chi connectivity index (χ1) is 12.5. The van der Waals surface area contributed by atoms with Crippen LogP contribution < -0.4 is 0 Å². The summed E-state index contributed by atoms with van der Waals surface area (Å²) in [6.07, 6.45) is 2.00. The van der Waals surface area contributed by atoms with E-state index < -0.39 is 0 Å². The molecule has 0 N–H and O–H groups in total. The van der Waals surface area contributed by atoms with E-state index in [2.05, 4.69) is 17.0 Å². The fraction of sp³-hybridized carbons (Fsp3) is 0.722. The predicted molar refractivity (Wildman–Crippen MR) is 97.0 cm³/mol. The third-order valence-corrected chi connectivity index (χ3v) is 5.41. The summed E-state index contributed by atoms with van der Waals surface area (Å²) in [5, 5.41) is 4.39. The van der Waals surface area contributed by atoms with E-state index in [9.17, 15) is 9.59 Å². The molecule has 8 nitrogen and oxygen atoms in total. The molecule has 0 unspecified atom stereocenters. The van der Waals surface area contributed by atoms with Gasteiger partial charge in [-0.2, -0.15) is 5.10 Å². The molecule has 0 spiro atoms. The van der Waals surface area contributed by atoms with Gasteiger partial charge in [-0.3, -0.25) is 14.3 Å². The second kappa shape index (κ2) is 8.18. The number of hydrogen-bond donors (Lipinski definition) is 0. The number of carbonyl (C=O) groups is 2. The minimum absolute atomic E-state index is 0.0381. The number of ether oxygens (including phenoxy) is 1. The zero-order chi connectivity index (χ0) is 18.7. The van der Waals surface area contributed by atoms with Crippen molar-refractivity contribution in [3.63, 3.8) is 0 Å². The highest BCUT2D eigenvalue weighted by Gasteiger charge is 2.26. The van der Waals surface area contributed by atoms with Crippen LogP contribution in [0.1, 0.15) is 29.0 Å². The number of carbonyl (C=O) groups excluding carboxylic acids is 2. The van der Waals surface area contributed by atoms with Crippen LogP contribution in [0.2, 0.25) is 0 Å². The Labute approximate surface area is 154 Å². The van der Waals surface area contributed by atoms with E-state index in [1.165, 1.54) is 0 Å². The highest BCUT2D eigenvalue weighted by atomic mass is 16.5. The van der Waals surface area contributed by atoms with Crippen molar-refractivity contribution in [1.29, 1.82) is 0 Å². The van der Waals surface area contributed by atoms with Crippen LogP contribution in [0.5, 0.6) is 0 Å². The Balaban J connectivity index is 1.61. The predicted octanol–water partition coefficient (Wildman–Crippen LogP) is 0.217. The Morgan fingerprint density at radius 2 is 1.88 bits per heavy atom. The van der Waals surface area contributed by atoms with Gasteiger partial charge in [0.1, 0.15) is 6.54 Å². The molecule has 0 radical (unpaired) electrons. The topological polar surface area (TPSA) is 70.9 Å². The molecule has 1 aromatic rings. The van der Waals surface area contributed by atoms with Gasteiger partial charge in [0, 0.05) is 31.9 Å². The van der Waals surface area contributed by atoms with Crippen molar-refractivity contribution in [3.05, 3.63) is 17.5 Å². The molecule has 2 saturated heterocycles. The van der Waals surface area contributed by atoms with Gasteiger partial charge < -0.3 is 19.4 Å². The highest BCUT2D eigenvalue weighted by molar-refractivity contribution is 5.92. The Morgan fingerprint density at radius 3 is 2.54 bits per heavy atom. The summed E-state index contributed by atoms with van der Waals surface area (Å²) in [6.45, 7) is 6.38. The maximum Gasteiger partial charge on any atom is 0.274 e. The van der Waals surface area contributed by atoms with E-state index in [4.69, 9.17) is 4.74 Å². The second-order valence-corrected chi connectivity index (χ2v) is 7.27. The number of amides is 2. The van der Waals surface area contributed by atoms with Gasteiger partial charge in [0.2, 0.25) is 5.91 Å². The van der Waals surface area contributed by atoms with Crippen LogP contribution in [0.4, 0.5) is 0 Å². The quantitative estimate of drug-likeness (QED) is 0.765. The number of piperidine rings is 1. The number of aryl methyl sites for hydroxylation is 1. The van der Waals surface area contributed by atoms with Crippen LogP contribution in [0.3, 0.4) is 0 Å². The number of likely N-dealkylation sites (tertiary alicyclic amines) is 1. The zero-order valence-electron chi connectivity index (χ0n) is 16.0. The van der Waals surface area contributed by atoms with Crippen LogP contribution in [0, 0.1) is 6.92 Å². The molecule has 2 amide bonds. The third kappa shape index (κ3) is 4.24. The maximum atomic E-state index is 12.7. The van der Waals surface area contributed by atoms with E-state index in [0.29, 0.717) is 32.0 Å². The van der Waals surface area contributed by atoms with Gasteiger partial charge in [-0.15, -0.1) is 0 Å². The Hall–Kier alpha value is -1.93. The molecule has 2 aliphatic rings. The molecule has 2 aliphatic heterocycles. The van der Waals surface area contributed by atoms with Gasteiger partial charge in [-0.25, -0.2) is 0 Å². The first-order valence-electron chi connectivity index (χ1n) is 9.31. The molecule has 2 fully saturated rings. The number of hydrogen-bond acceptors (Lipinski definition) is 5. The van der Waals surface area contributed by atoms with Crippen LogP contribution in [0.25, 0.3) is 0 Å². The smallest absolute Gasteiger partial charge is 0.274 e. The molecular formula is C18H29N5O3. The molecular weight excluding hydrogens is 334 g/mol. The summed E-state index contributed by atoms with van der Waals surface area (Å²) in [5.41, 5.74) is 1.23. The fourth-order valence-electron chi connectivity index (χ4n) is 3.53. The molecule has 0 aromatic carbocycles. The normalized spacial score (nSPS) is 19.6. The molecule has 1 aromatic heterocycles. The van der Waals surface area contributed by atoms with Gasteiger partial charge in [-0.1, -0.05) is 0 Å². The van der Waals surface area contributed by atoms with E-state index in [1.54, 1.807) is 15.6 Å². The second-order valence-electron chi connectivity index (χ2n) is 7.27. The van der Waals surface area contributed by atoms with Crippen molar-refractivity contribution in [1.82, 2.24) is 24.5 Å². The first-order valence-corrected chi connectivity index (χ1v) is 9.31. The van der Waals surface area contributed by atoms with Crippen molar-refractivity contribution in [2.45, 2.75) is 32.4 Å². The van der Waals surface area contributed by atoms with Crippen molar-refractivity contribution in [2.24, 2.45) is 0 Å². The van der Waals surface area contributed by atoms with Crippen molar-refractivity contribution in [3.8, 4) is 0 Å².